The molecule has 0 amide bonds. The lowest BCUT2D eigenvalue weighted by atomic mass is 9.69. The number of hydrogen-bond acceptors (Lipinski definition) is 5. The normalized spacial score (nSPS) is 23.5. The zero-order chi connectivity index (χ0) is 20.8. The largest absolute Gasteiger partial charge is 0.496 e. The number of para-hydroxylation sites is 1. The number of halogens is 1. The van der Waals surface area contributed by atoms with Gasteiger partial charge in [0.25, 0.3) is 0 Å². The van der Waals surface area contributed by atoms with Gasteiger partial charge in [-0.3, -0.25) is 4.79 Å². The van der Waals surface area contributed by atoms with E-state index < -0.39 is 23.4 Å². The van der Waals surface area contributed by atoms with E-state index in [4.69, 9.17) is 4.74 Å². The molecule has 29 heavy (non-hydrogen) atoms. The van der Waals surface area contributed by atoms with Crippen LogP contribution in [0.2, 0.25) is 0 Å². The monoisotopic (exact) mass is 447 g/mol. The number of anilines is 1. The Labute approximate surface area is 177 Å². The first-order valence-electron chi connectivity index (χ1n) is 9.20. The first kappa shape index (κ1) is 19.2. The number of hydrogen-bond donors (Lipinski definition) is 0. The van der Waals surface area contributed by atoms with E-state index in [9.17, 15) is 15.3 Å². The highest BCUT2D eigenvalue weighted by Gasteiger charge is 2.63. The molecule has 3 atom stereocenters. The van der Waals surface area contributed by atoms with Crippen molar-refractivity contribution in [3.63, 3.8) is 0 Å². The maximum Gasteiger partial charge on any atom is 0.176 e. The van der Waals surface area contributed by atoms with Gasteiger partial charge in [0.15, 0.2) is 11.2 Å². The topological polar surface area (TPSA) is 77.1 Å². The molecule has 5 nitrogen and oxygen atoms in total. The first-order chi connectivity index (χ1) is 14.0. The molecule has 2 aliphatic rings. The van der Waals surface area contributed by atoms with Gasteiger partial charge in [-0.1, -0.05) is 46.3 Å². The van der Waals surface area contributed by atoms with Gasteiger partial charge in [0, 0.05) is 21.6 Å². The van der Waals surface area contributed by atoms with Gasteiger partial charge >= 0.3 is 0 Å². The van der Waals surface area contributed by atoms with Crippen molar-refractivity contribution in [2.45, 2.75) is 24.9 Å². The van der Waals surface area contributed by atoms with Crippen LogP contribution in [0.5, 0.6) is 5.75 Å². The zero-order valence-corrected chi connectivity index (χ0v) is 17.6. The van der Waals surface area contributed by atoms with Crippen LogP contribution in [0.15, 0.2) is 53.0 Å². The lowest BCUT2D eigenvalue weighted by Gasteiger charge is -2.35. The van der Waals surface area contributed by atoms with Crippen LogP contribution in [0, 0.1) is 28.1 Å². The molecule has 0 spiro atoms. The van der Waals surface area contributed by atoms with E-state index in [1.165, 1.54) is 6.92 Å². The van der Waals surface area contributed by atoms with Crippen LogP contribution in [0.3, 0.4) is 0 Å². The van der Waals surface area contributed by atoms with Gasteiger partial charge in [-0.2, -0.15) is 10.5 Å². The maximum absolute atomic E-state index is 13.0. The van der Waals surface area contributed by atoms with E-state index in [0.29, 0.717) is 11.3 Å². The summed E-state index contributed by atoms with van der Waals surface area (Å²) in [6.07, 6.45) is 3.80. The molecule has 1 saturated heterocycles. The minimum Gasteiger partial charge on any atom is -0.496 e. The van der Waals surface area contributed by atoms with Crippen LogP contribution in [-0.2, 0) is 4.79 Å². The summed E-state index contributed by atoms with van der Waals surface area (Å²) in [6, 6.07) is 16.5. The molecule has 0 bridgehead atoms. The minimum absolute atomic E-state index is 0.0977. The van der Waals surface area contributed by atoms with Crippen LogP contribution in [0.25, 0.3) is 6.08 Å². The summed E-state index contributed by atoms with van der Waals surface area (Å²) in [5, 5.41) is 20.5. The summed E-state index contributed by atoms with van der Waals surface area (Å²) in [5.74, 6) is -0.223. The number of methoxy groups -OCH3 is 1. The van der Waals surface area contributed by atoms with Gasteiger partial charge in [0.2, 0.25) is 0 Å². The van der Waals surface area contributed by atoms with Crippen molar-refractivity contribution < 1.29 is 9.53 Å². The Balaban J connectivity index is 2.04. The predicted molar refractivity (Wildman–Crippen MR) is 113 cm³/mol. The molecule has 0 radical (unpaired) electrons. The molecule has 2 aliphatic heterocycles. The fraction of sp³-hybridized carbons (Fsp3) is 0.261. The van der Waals surface area contributed by atoms with E-state index in [1.54, 1.807) is 13.2 Å². The van der Waals surface area contributed by atoms with Gasteiger partial charge in [-0.15, -0.1) is 0 Å². The molecule has 1 fully saturated rings. The van der Waals surface area contributed by atoms with E-state index >= 15 is 0 Å². The molecule has 2 heterocycles. The number of Topliss-reactive ketones (excluding diaryl/α,β-unsaturated/α-hetero) is 1. The van der Waals surface area contributed by atoms with Gasteiger partial charge in [0.1, 0.15) is 5.75 Å². The number of rotatable bonds is 3. The second-order valence-corrected chi connectivity index (χ2v) is 8.20. The summed E-state index contributed by atoms with van der Waals surface area (Å²) < 4.78 is 6.35. The standard InChI is InChI=1S/C23H18BrN3O2/c1-14(28)22-21(17-11-16(24)8-9-19(17)29-2)23(12-25,13-26)20-10-7-15-5-3-4-6-18(15)27(20)22/h3-11,20-22H,1-2H3/t20-,21+,22+/m1/s1. The number of benzene rings is 2. The molecule has 4 rings (SSSR count). The fourth-order valence-electron chi connectivity index (χ4n) is 4.68. The lowest BCUT2D eigenvalue weighted by Crippen LogP contribution is -2.43. The number of carbonyl (C=O) groups is 1. The molecule has 2 aromatic rings. The summed E-state index contributed by atoms with van der Waals surface area (Å²) in [7, 11) is 1.55. The van der Waals surface area contributed by atoms with E-state index in [-0.39, 0.29) is 5.78 Å². The van der Waals surface area contributed by atoms with Crippen molar-refractivity contribution >= 4 is 33.5 Å². The third-order valence-electron chi connectivity index (χ3n) is 5.86. The first-order valence-corrected chi connectivity index (χ1v) is 9.99. The predicted octanol–water partition coefficient (Wildman–Crippen LogP) is 4.45. The van der Waals surface area contributed by atoms with Gasteiger partial charge in [-0.25, -0.2) is 0 Å². The van der Waals surface area contributed by atoms with Crippen LogP contribution in [0.4, 0.5) is 5.69 Å². The average Bonchev–Trinajstić information content (AvgIpc) is 3.04. The van der Waals surface area contributed by atoms with Crippen molar-refractivity contribution in [1.82, 2.24) is 0 Å². The fourth-order valence-corrected chi connectivity index (χ4v) is 5.06. The van der Waals surface area contributed by atoms with E-state index in [0.717, 1.165) is 15.7 Å². The summed E-state index contributed by atoms with van der Waals surface area (Å²) >= 11 is 3.48. The Morgan fingerprint density at radius 1 is 1.21 bits per heavy atom. The molecule has 0 N–H and O–H groups in total. The summed E-state index contributed by atoms with van der Waals surface area (Å²) in [6.45, 7) is 1.52. The summed E-state index contributed by atoms with van der Waals surface area (Å²) in [5.41, 5.74) is 1.03. The zero-order valence-electron chi connectivity index (χ0n) is 16.0. The smallest absolute Gasteiger partial charge is 0.176 e. The molecular weight excluding hydrogens is 430 g/mol. The van der Waals surface area contributed by atoms with Gasteiger partial charge < -0.3 is 9.64 Å². The number of nitriles is 2. The molecule has 0 aromatic heterocycles. The lowest BCUT2D eigenvalue weighted by molar-refractivity contribution is -0.118. The van der Waals surface area contributed by atoms with Crippen molar-refractivity contribution in [3.8, 4) is 17.9 Å². The highest BCUT2D eigenvalue weighted by molar-refractivity contribution is 9.10. The molecular formula is C23H18BrN3O2. The second kappa shape index (κ2) is 7.06. The Morgan fingerprint density at radius 3 is 2.59 bits per heavy atom. The SMILES string of the molecule is COc1ccc(Br)cc1[C@H]1[C@H](C(C)=O)N2c3ccccc3C=C[C@@H]2C1(C#N)C#N. The highest BCUT2D eigenvalue weighted by atomic mass is 79.9. The van der Waals surface area contributed by atoms with Crippen molar-refractivity contribution in [2.75, 3.05) is 12.0 Å². The van der Waals surface area contributed by atoms with Crippen molar-refractivity contribution in [1.29, 1.82) is 10.5 Å². The number of fused-ring (bicyclic) bond motifs is 3. The Morgan fingerprint density at radius 2 is 1.93 bits per heavy atom. The molecule has 0 saturated carbocycles. The Bertz CT molecular complexity index is 1100. The molecule has 2 aromatic carbocycles. The van der Waals surface area contributed by atoms with Gasteiger partial charge in [0.05, 0.1) is 31.3 Å². The van der Waals surface area contributed by atoms with Crippen LogP contribution in [0.1, 0.15) is 24.0 Å². The van der Waals surface area contributed by atoms with Crippen LogP contribution < -0.4 is 9.64 Å². The van der Waals surface area contributed by atoms with E-state index in [2.05, 4.69) is 28.1 Å². The number of nitrogens with zero attached hydrogens (tertiary/aromatic N) is 3. The van der Waals surface area contributed by atoms with Gasteiger partial charge in [-0.05, 0) is 36.8 Å². The second-order valence-electron chi connectivity index (χ2n) is 7.28. The van der Waals surface area contributed by atoms with Crippen molar-refractivity contribution in [2.24, 2.45) is 5.41 Å². The quantitative estimate of drug-likeness (QED) is 0.694. The molecule has 0 unspecified atom stereocenters. The highest BCUT2D eigenvalue weighted by Crippen LogP contribution is 2.56. The maximum atomic E-state index is 13.0. The molecule has 144 valence electrons. The van der Waals surface area contributed by atoms with E-state index in [1.807, 2.05) is 53.5 Å². The summed E-state index contributed by atoms with van der Waals surface area (Å²) in [4.78, 5) is 14.9. The number of ketones is 1. The minimum atomic E-state index is -1.45. The van der Waals surface area contributed by atoms with Crippen molar-refractivity contribution in [3.05, 3.63) is 64.1 Å². The molecule has 6 heteroatoms. The number of carbonyl (C=O) groups excluding carboxylic acids is 1. The number of ether oxygens (including phenoxy) is 1. The molecule has 0 aliphatic carbocycles. The third kappa shape index (κ3) is 2.68. The average molecular weight is 448 g/mol. The Kier molecular flexibility index (Phi) is 4.68. The Hall–Kier alpha value is -3.09. The van der Waals surface area contributed by atoms with Crippen LogP contribution in [-0.4, -0.2) is 25.0 Å². The van der Waals surface area contributed by atoms with Crippen LogP contribution >= 0.6 is 15.9 Å². The third-order valence-corrected chi connectivity index (χ3v) is 6.35.